The summed E-state index contributed by atoms with van der Waals surface area (Å²) >= 11 is 7.20. The van der Waals surface area contributed by atoms with Gasteiger partial charge in [0.25, 0.3) is 10.8 Å². The number of hydrogen-bond acceptors (Lipinski definition) is 7. The fourth-order valence-corrected chi connectivity index (χ4v) is 5.57. The Hall–Kier alpha value is -4.05. The maximum absolute atomic E-state index is 12.7. The second-order valence-electron chi connectivity index (χ2n) is 9.67. The lowest BCUT2D eigenvalue weighted by molar-refractivity contribution is -0.736. The minimum atomic E-state index is -0.227. The predicted octanol–water partition coefficient (Wildman–Crippen LogP) is 6.32. The first kappa shape index (κ1) is 28.5. The normalized spacial score (nSPS) is 13.6. The number of hydrogen-bond donors (Lipinski definition) is 2. The summed E-state index contributed by atoms with van der Waals surface area (Å²) in [5.74, 6) is -0.227. The molecule has 0 unspecified atom stereocenters. The summed E-state index contributed by atoms with van der Waals surface area (Å²) in [7, 11) is 1.26. The third kappa shape index (κ3) is 7.00. The van der Waals surface area contributed by atoms with E-state index in [1.165, 1.54) is 23.8 Å². The van der Waals surface area contributed by atoms with Crippen LogP contribution in [0.25, 0.3) is 11.1 Å². The van der Waals surface area contributed by atoms with E-state index in [4.69, 9.17) is 17.3 Å². The monoisotopic (exact) mass is 588 g/mol. The van der Waals surface area contributed by atoms with E-state index >= 15 is 0 Å². The average molecular weight is 589 g/mol. The fourth-order valence-electron chi connectivity index (χ4n) is 4.81. The molecule has 3 N–H and O–H groups in total. The van der Waals surface area contributed by atoms with Gasteiger partial charge in [-0.15, -0.1) is 0 Å². The largest absolute Gasteiger partial charge is 0.393 e. The van der Waals surface area contributed by atoms with Crippen molar-refractivity contribution < 1.29 is 14.6 Å². The minimum Gasteiger partial charge on any atom is -0.393 e. The lowest BCUT2D eigenvalue weighted by Gasteiger charge is -2.36. The van der Waals surface area contributed by atoms with Gasteiger partial charge in [0.1, 0.15) is 5.69 Å². The Labute approximate surface area is 248 Å². The predicted molar refractivity (Wildman–Crippen MR) is 165 cm³/mol. The zero-order valence-electron chi connectivity index (χ0n) is 22.6. The molecule has 5 rings (SSSR count). The van der Waals surface area contributed by atoms with Gasteiger partial charge in [-0.2, -0.15) is 0 Å². The van der Waals surface area contributed by atoms with Crippen LogP contribution in [-0.4, -0.2) is 49.0 Å². The first-order valence-corrected chi connectivity index (χ1v) is 14.4. The molecule has 41 heavy (non-hydrogen) atoms. The second-order valence-corrected chi connectivity index (χ2v) is 11.0. The summed E-state index contributed by atoms with van der Waals surface area (Å²) in [5, 5.41) is 0.739. The van der Waals surface area contributed by atoms with Crippen molar-refractivity contribution in [2.24, 2.45) is 0 Å². The molecule has 1 fully saturated rings. The molecule has 0 radical (unpaired) electrons. The van der Waals surface area contributed by atoms with Crippen LogP contribution in [-0.2, 0) is 11.4 Å². The third-order valence-corrected chi connectivity index (χ3v) is 8.09. The lowest BCUT2D eigenvalue weighted by Crippen LogP contribution is -2.46. The Kier molecular flexibility index (Phi) is 9.08. The van der Waals surface area contributed by atoms with Crippen LogP contribution in [0.5, 0.6) is 0 Å². The molecule has 1 heterocycles. The Morgan fingerprint density at radius 2 is 1.68 bits per heavy atom. The number of benzene rings is 4. The Morgan fingerprint density at radius 3 is 2.39 bits per heavy atom. The molecule has 1 aliphatic rings. The van der Waals surface area contributed by atoms with Crippen molar-refractivity contribution >= 4 is 46.5 Å². The van der Waals surface area contributed by atoms with E-state index < -0.39 is 0 Å². The number of nitrogens with one attached hydrogen (secondary N) is 1. The van der Waals surface area contributed by atoms with Crippen LogP contribution < -0.4 is 15.4 Å². The number of anilines is 2. The van der Waals surface area contributed by atoms with Gasteiger partial charge in [0.15, 0.2) is 7.11 Å². The van der Waals surface area contributed by atoms with Crippen molar-refractivity contribution in [1.29, 1.82) is 0 Å². The van der Waals surface area contributed by atoms with Crippen molar-refractivity contribution in [3.05, 3.63) is 112 Å². The van der Waals surface area contributed by atoms with Gasteiger partial charge >= 0.3 is 5.69 Å². The summed E-state index contributed by atoms with van der Waals surface area (Å²) in [6.45, 7) is 4.59. The highest BCUT2D eigenvalue weighted by Crippen LogP contribution is 2.29. The smallest absolute Gasteiger partial charge is 0.340 e. The molecule has 4 aromatic rings. The number of amides is 1. The Bertz CT molecular complexity index is 1520. The fraction of sp³-hybridized carbons (Fsp3) is 0.194. The number of carbonyl (C=O) groups is 1. The molecule has 210 valence electrons. The Morgan fingerprint density at radius 1 is 0.976 bits per heavy atom. The number of nitrogens with zero attached hydrogens (tertiary/aromatic N) is 3. The van der Waals surface area contributed by atoms with E-state index in [0.29, 0.717) is 15.4 Å². The standard InChI is InChI=1S/C31H30ClN5O3S/c1-40-37(39)30-20-27(14-15-29(30)33)41-34-31(38)23-8-12-26(13-9-23)36-18-16-35(17-19-36)21-24-4-2-3-5-28(24)22-6-10-25(32)11-7-22/h2-15,20H,16-19,21H2,1H3,(H2-,33,34,38,39)/p+1. The first-order valence-electron chi connectivity index (χ1n) is 13.2. The van der Waals surface area contributed by atoms with Crippen LogP contribution in [0.1, 0.15) is 15.9 Å². The van der Waals surface area contributed by atoms with E-state index in [9.17, 15) is 9.70 Å². The van der Waals surface area contributed by atoms with Crippen LogP contribution in [0.2, 0.25) is 5.02 Å². The molecule has 0 atom stereocenters. The van der Waals surface area contributed by atoms with Crippen LogP contribution in [0, 0.1) is 4.91 Å². The number of nitrogen functional groups attached to an aromatic ring is 1. The van der Waals surface area contributed by atoms with E-state index in [-0.39, 0.29) is 17.3 Å². The molecular weight excluding hydrogens is 558 g/mol. The van der Waals surface area contributed by atoms with E-state index in [2.05, 4.69) is 55.8 Å². The lowest BCUT2D eigenvalue weighted by atomic mass is 9.99. The topological polar surface area (TPSA) is 90.9 Å². The van der Waals surface area contributed by atoms with Crippen LogP contribution in [0.15, 0.2) is 95.9 Å². The number of piperazine rings is 1. The highest BCUT2D eigenvalue weighted by atomic mass is 35.5. The SMILES string of the molecule is CO[N+](=O)c1cc(SNC(=O)c2ccc(N3CCN(Cc4ccccc4-c4ccc(Cl)cc4)CC3)cc2)ccc1N. The van der Waals surface area contributed by atoms with E-state index in [1.807, 2.05) is 36.4 Å². The van der Waals surface area contributed by atoms with E-state index in [0.717, 1.165) is 55.4 Å². The third-order valence-electron chi connectivity index (χ3n) is 7.06. The van der Waals surface area contributed by atoms with Crippen molar-refractivity contribution in [3.63, 3.8) is 0 Å². The maximum atomic E-state index is 12.7. The van der Waals surface area contributed by atoms with Gasteiger partial charge in [-0.3, -0.25) is 14.4 Å². The molecule has 0 aliphatic carbocycles. The number of halogens is 1. The van der Waals surface area contributed by atoms with Gasteiger partial charge in [0.2, 0.25) is 0 Å². The minimum absolute atomic E-state index is 0.182. The molecule has 1 amide bonds. The van der Waals surface area contributed by atoms with Crippen molar-refractivity contribution in [2.75, 3.05) is 43.9 Å². The van der Waals surface area contributed by atoms with Gasteiger partial charge in [-0.05, 0) is 77.2 Å². The number of nitrogens with two attached hydrogens (primary N) is 1. The van der Waals surface area contributed by atoms with Gasteiger partial charge in [0.05, 0.1) is 4.91 Å². The van der Waals surface area contributed by atoms with Gasteiger partial charge in [0, 0.05) is 60.0 Å². The van der Waals surface area contributed by atoms with Gasteiger partial charge in [-0.25, -0.2) is 4.84 Å². The molecule has 1 aliphatic heterocycles. The zero-order chi connectivity index (χ0) is 28.8. The number of carbonyl (C=O) groups excluding carboxylic acids is 1. The highest BCUT2D eigenvalue weighted by molar-refractivity contribution is 7.98. The van der Waals surface area contributed by atoms with E-state index in [1.54, 1.807) is 18.2 Å². The first-order chi connectivity index (χ1) is 19.9. The molecular formula is C31H31ClN5O3S+. The van der Waals surface area contributed by atoms with Crippen molar-refractivity contribution in [1.82, 2.24) is 9.62 Å². The molecule has 0 spiro atoms. The van der Waals surface area contributed by atoms with Gasteiger partial charge < -0.3 is 10.6 Å². The van der Waals surface area contributed by atoms with Crippen LogP contribution in [0.3, 0.4) is 0 Å². The van der Waals surface area contributed by atoms with Crippen molar-refractivity contribution in [3.8, 4) is 11.1 Å². The summed E-state index contributed by atoms with van der Waals surface area (Å²) in [6.07, 6.45) is 0. The molecule has 10 heteroatoms. The average Bonchev–Trinajstić information content (AvgIpc) is 3.01. The molecule has 8 nitrogen and oxygen atoms in total. The molecule has 0 saturated carbocycles. The summed E-state index contributed by atoms with van der Waals surface area (Å²) in [5.41, 5.74) is 11.7. The quantitative estimate of drug-likeness (QED) is 0.134. The zero-order valence-corrected chi connectivity index (χ0v) is 24.2. The highest BCUT2D eigenvalue weighted by Gasteiger charge is 2.21. The molecule has 1 saturated heterocycles. The Balaban J connectivity index is 1.14. The van der Waals surface area contributed by atoms with Crippen LogP contribution >= 0.6 is 23.5 Å². The number of rotatable bonds is 9. The summed E-state index contributed by atoms with van der Waals surface area (Å²) in [4.78, 5) is 35.0. The molecule has 4 aromatic carbocycles. The summed E-state index contributed by atoms with van der Waals surface area (Å²) < 4.78 is 2.81. The van der Waals surface area contributed by atoms with Crippen LogP contribution in [0.4, 0.5) is 17.1 Å². The summed E-state index contributed by atoms with van der Waals surface area (Å²) in [6, 6.07) is 29.1. The van der Waals surface area contributed by atoms with Gasteiger partial charge in [-0.1, -0.05) is 48.0 Å². The second kappa shape index (κ2) is 13.1. The van der Waals surface area contributed by atoms with Crippen molar-refractivity contribution in [2.45, 2.75) is 11.4 Å². The molecule has 0 aromatic heterocycles. The maximum Gasteiger partial charge on any atom is 0.340 e. The molecule has 0 bridgehead atoms.